The van der Waals surface area contributed by atoms with Gasteiger partial charge in [0, 0.05) is 30.7 Å². The molecule has 1 aromatic carbocycles. The Balaban J connectivity index is 1.66. The second-order valence-electron chi connectivity index (χ2n) is 8.39. The number of halogens is 1. The summed E-state index contributed by atoms with van der Waals surface area (Å²) < 4.78 is 50.4. The van der Waals surface area contributed by atoms with Crippen molar-refractivity contribution in [2.24, 2.45) is 5.92 Å². The number of carbonyl (C=O) groups is 1. The summed E-state index contributed by atoms with van der Waals surface area (Å²) in [6, 6.07) is 2.38. The zero-order valence-corrected chi connectivity index (χ0v) is 20.3. The fourth-order valence-corrected chi connectivity index (χ4v) is 6.63. The molecule has 12 heteroatoms. The molecule has 0 bridgehead atoms. The topological polar surface area (TPSA) is 130 Å². The van der Waals surface area contributed by atoms with E-state index in [1.807, 2.05) is 0 Å². The van der Waals surface area contributed by atoms with Gasteiger partial charge >= 0.3 is 0 Å². The Labute approximate surface area is 201 Å². The number of sulfone groups is 1. The molecule has 1 aliphatic carbocycles. The number of nitrogens with zero attached hydrogens (tertiary/aromatic N) is 1. The maximum Gasteiger partial charge on any atom is 0.248 e. The lowest BCUT2D eigenvalue weighted by molar-refractivity contribution is -0.117. The van der Waals surface area contributed by atoms with Gasteiger partial charge in [0.1, 0.15) is 16.7 Å². The van der Waals surface area contributed by atoms with Crippen molar-refractivity contribution in [3.05, 3.63) is 29.0 Å². The van der Waals surface area contributed by atoms with Gasteiger partial charge < -0.3 is 25.5 Å². The molecule has 2 fully saturated rings. The molecule has 1 amide bonds. The second kappa shape index (κ2) is 10.4. The lowest BCUT2D eigenvalue weighted by Gasteiger charge is -2.28. The average Bonchev–Trinajstić information content (AvgIpc) is 3.62. The van der Waals surface area contributed by atoms with Crippen LogP contribution in [0.5, 0.6) is 5.75 Å². The molecule has 2 aliphatic rings. The summed E-state index contributed by atoms with van der Waals surface area (Å²) in [5.74, 6) is -0.0415. The quantitative estimate of drug-likeness (QED) is 0.417. The summed E-state index contributed by atoms with van der Waals surface area (Å²) in [5.41, 5.74) is 0.490. The van der Waals surface area contributed by atoms with Crippen LogP contribution in [-0.2, 0) is 19.4 Å². The average molecular weight is 511 g/mol. The monoisotopic (exact) mass is 510 g/mol. The Morgan fingerprint density at radius 2 is 2.09 bits per heavy atom. The van der Waals surface area contributed by atoms with Crippen LogP contribution in [0.4, 0.5) is 15.2 Å². The standard InChI is InChI=1S/C22H27FN4O5S2/c1-31-18-5-4-16(15(11-24)20(18)34(29,30)14-2-3-14)26-17(10-13-6-8-32-9-7-13)21(28)27-22-25-12-19(23)33-22/h4-5,11-14,17,24,26H,2-3,6-10H2,1H3,(H,25,27,28). The molecule has 1 aromatic heterocycles. The largest absolute Gasteiger partial charge is 0.495 e. The van der Waals surface area contributed by atoms with E-state index >= 15 is 0 Å². The molecule has 4 rings (SSSR count). The van der Waals surface area contributed by atoms with Gasteiger partial charge in [0.2, 0.25) is 5.91 Å². The molecule has 34 heavy (non-hydrogen) atoms. The molecule has 3 N–H and O–H groups in total. The number of amides is 1. The van der Waals surface area contributed by atoms with Crippen molar-refractivity contribution >= 4 is 44.1 Å². The first-order valence-electron chi connectivity index (χ1n) is 11.0. The lowest BCUT2D eigenvalue weighted by atomic mass is 9.92. The minimum Gasteiger partial charge on any atom is -0.495 e. The van der Waals surface area contributed by atoms with Gasteiger partial charge in [-0.25, -0.2) is 13.4 Å². The van der Waals surface area contributed by atoms with Crippen molar-refractivity contribution in [2.45, 2.75) is 48.3 Å². The Morgan fingerprint density at radius 3 is 2.68 bits per heavy atom. The normalized spacial score (nSPS) is 17.7. The minimum absolute atomic E-state index is 0.0373. The van der Waals surface area contributed by atoms with E-state index < -0.39 is 32.2 Å². The van der Waals surface area contributed by atoms with E-state index in [0.29, 0.717) is 38.2 Å². The van der Waals surface area contributed by atoms with Crippen molar-refractivity contribution in [1.29, 1.82) is 5.41 Å². The van der Waals surface area contributed by atoms with Crippen LogP contribution in [0.1, 0.15) is 37.7 Å². The van der Waals surface area contributed by atoms with Crippen LogP contribution < -0.4 is 15.4 Å². The summed E-state index contributed by atoms with van der Waals surface area (Å²) in [4.78, 5) is 17.0. The van der Waals surface area contributed by atoms with Gasteiger partial charge in [0.05, 0.1) is 18.6 Å². The number of hydrogen-bond donors (Lipinski definition) is 3. The highest BCUT2D eigenvalue weighted by atomic mass is 32.2. The summed E-state index contributed by atoms with van der Waals surface area (Å²) in [5, 5.41) is 12.9. The molecule has 1 saturated heterocycles. The molecule has 2 aromatic rings. The predicted octanol–water partition coefficient (Wildman–Crippen LogP) is 3.46. The van der Waals surface area contributed by atoms with Crippen LogP contribution in [-0.4, -0.2) is 57.1 Å². The third-order valence-corrected chi connectivity index (χ3v) is 9.08. The third-order valence-electron chi connectivity index (χ3n) is 6.04. The van der Waals surface area contributed by atoms with Gasteiger partial charge in [0.15, 0.2) is 20.1 Å². The highest BCUT2D eigenvalue weighted by Gasteiger charge is 2.40. The van der Waals surface area contributed by atoms with Crippen molar-refractivity contribution < 1.29 is 27.1 Å². The van der Waals surface area contributed by atoms with Crippen molar-refractivity contribution in [3.63, 3.8) is 0 Å². The molecule has 1 unspecified atom stereocenters. The Morgan fingerprint density at radius 1 is 1.35 bits per heavy atom. The summed E-state index contributed by atoms with van der Waals surface area (Å²) >= 11 is 0.725. The van der Waals surface area contributed by atoms with E-state index in [1.54, 1.807) is 6.07 Å². The maximum absolute atomic E-state index is 13.4. The molecular weight excluding hydrogens is 483 g/mol. The maximum atomic E-state index is 13.4. The molecule has 1 saturated carbocycles. The van der Waals surface area contributed by atoms with E-state index in [-0.39, 0.29) is 27.3 Å². The van der Waals surface area contributed by atoms with E-state index in [1.165, 1.54) is 13.2 Å². The molecule has 1 aliphatic heterocycles. The van der Waals surface area contributed by atoms with Crippen LogP contribution in [0.2, 0.25) is 0 Å². The number of rotatable bonds is 10. The number of aromatic nitrogens is 1. The Kier molecular flexibility index (Phi) is 7.48. The van der Waals surface area contributed by atoms with E-state index in [4.69, 9.17) is 14.9 Å². The predicted molar refractivity (Wildman–Crippen MR) is 127 cm³/mol. The molecular formula is C22H27FN4O5S2. The molecule has 0 spiro atoms. The van der Waals surface area contributed by atoms with Crippen LogP contribution in [0.25, 0.3) is 0 Å². The van der Waals surface area contributed by atoms with Gasteiger partial charge in [-0.2, -0.15) is 4.39 Å². The summed E-state index contributed by atoms with van der Waals surface area (Å²) in [6.07, 6.45) is 5.18. The number of methoxy groups -OCH3 is 1. The number of hydrogen-bond acceptors (Lipinski definition) is 9. The summed E-state index contributed by atoms with van der Waals surface area (Å²) in [7, 11) is -2.30. The van der Waals surface area contributed by atoms with Crippen LogP contribution in [0.3, 0.4) is 0 Å². The molecule has 9 nitrogen and oxygen atoms in total. The van der Waals surface area contributed by atoms with Gasteiger partial charge in [-0.05, 0) is 50.2 Å². The number of anilines is 2. The van der Waals surface area contributed by atoms with Crippen molar-refractivity contribution in [3.8, 4) is 5.75 Å². The van der Waals surface area contributed by atoms with Gasteiger partial charge in [0.25, 0.3) is 0 Å². The lowest BCUT2D eigenvalue weighted by Crippen LogP contribution is -2.37. The molecule has 2 heterocycles. The SMILES string of the molecule is COc1ccc(NC(CC2CCOCC2)C(=O)Nc2ncc(F)s2)c(C=N)c1S(=O)(=O)C1CC1. The van der Waals surface area contributed by atoms with Crippen molar-refractivity contribution in [2.75, 3.05) is 31.0 Å². The Hall–Kier alpha value is -2.57. The van der Waals surface area contributed by atoms with E-state index in [2.05, 4.69) is 15.6 Å². The first kappa shape index (κ1) is 24.6. The van der Waals surface area contributed by atoms with Crippen LogP contribution >= 0.6 is 11.3 Å². The zero-order valence-electron chi connectivity index (χ0n) is 18.7. The number of nitrogens with one attached hydrogen (secondary N) is 3. The molecule has 1 atom stereocenters. The smallest absolute Gasteiger partial charge is 0.248 e. The van der Waals surface area contributed by atoms with Crippen LogP contribution in [0, 0.1) is 16.5 Å². The highest BCUT2D eigenvalue weighted by molar-refractivity contribution is 7.92. The highest BCUT2D eigenvalue weighted by Crippen LogP contribution is 2.41. The third kappa shape index (κ3) is 5.39. The number of ether oxygens (including phenoxy) is 2. The Bertz CT molecular complexity index is 1160. The minimum atomic E-state index is -3.69. The first-order chi connectivity index (χ1) is 16.3. The zero-order chi connectivity index (χ0) is 24.3. The fraction of sp³-hybridized carbons (Fsp3) is 0.500. The fourth-order valence-electron chi connectivity index (χ4n) is 4.09. The summed E-state index contributed by atoms with van der Waals surface area (Å²) in [6.45, 7) is 1.21. The van der Waals surface area contributed by atoms with Gasteiger partial charge in [-0.15, -0.1) is 0 Å². The van der Waals surface area contributed by atoms with Gasteiger partial charge in [-0.3, -0.25) is 4.79 Å². The van der Waals surface area contributed by atoms with Crippen molar-refractivity contribution in [1.82, 2.24) is 4.98 Å². The first-order valence-corrected chi connectivity index (χ1v) is 13.4. The van der Waals surface area contributed by atoms with E-state index in [9.17, 15) is 17.6 Å². The molecule has 184 valence electrons. The number of carbonyl (C=O) groups excluding carboxylic acids is 1. The number of thiazole rings is 1. The second-order valence-corrected chi connectivity index (χ2v) is 11.5. The van der Waals surface area contributed by atoms with E-state index in [0.717, 1.165) is 36.6 Å². The number of benzene rings is 1. The van der Waals surface area contributed by atoms with Gasteiger partial charge in [-0.1, -0.05) is 11.3 Å². The van der Waals surface area contributed by atoms with Crippen LogP contribution in [0.15, 0.2) is 23.2 Å². The molecule has 0 radical (unpaired) electrons.